The number of carbonyl (C=O) groups is 1. The van der Waals surface area contributed by atoms with Crippen LogP contribution in [0.5, 0.6) is 0 Å². The van der Waals surface area contributed by atoms with Crippen molar-refractivity contribution in [3.63, 3.8) is 0 Å². The van der Waals surface area contributed by atoms with Gasteiger partial charge in [-0.1, -0.05) is 32.0 Å². The second-order valence-electron chi connectivity index (χ2n) is 6.76. The normalized spacial score (nSPS) is 18.2. The summed E-state index contributed by atoms with van der Waals surface area (Å²) in [7, 11) is 1.99. The average molecular weight is 354 g/mol. The molecule has 5 heteroatoms. The third kappa shape index (κ3) is 3.16. The van der Waals surface area contributed by atoms with Crippen LogP contribution in [0.2, 0.25) is 0 Å². The SMILES string of the molecule is C[C@@H](Sc1cccc[n+]1[O-])C(=O)/C=C1/N(C)c2ccccc2C1(C)C. The van der Waals surface area contributed by atoms with Crippen LogP contribution < -0.4 is 9.63 Å². The zero-order valence-electron chi connectivity index (χ0n) is 14.9. The zero-order chi connectivity index (χ0) is 18.2. The number of benzene rings is 1. The van der Waals surface area contributed by atoms with Crippen molar-refractivity contribution in [3.8, 4) is 0 Å². The quantitative estimate of drug-likeness (QED) is 0.364. The van der Waals surface area contributed by atoms with Gasteiger partial charge in [0.05, 0.1) is 5.25 Å². The highest BCUT2D eigenvalue weighted by atomic mass is 32.2. The number of fused-ring (bicyclic) bond motifs is 1. The third-order valence-electron chi connectivity index (χ3n) is 4.71. The summed E-state index contributed by atoms with van der Waals surface area (Å²) >= 11 is 1.28. The van der Waals surface area contributed by atoms with Crippen molar-refractivity contribution >= 4 is 23.2 Å². The van der Waals surface area contributed by atoms with Gasteiger partial charge in [-0.3, -0.25) is 4.79 Å². The van der Waals surface area contributed by atoms with Gasteiger partial charge in [-0.15, -0.1) is 0 Å². The van der Waals surface area contributed by atoms with Gasteiger partial charge in [0.15, 0.2) is 12.0 Å². The highest BCUT2D eigenvalue weighted by Crippen LogP contribution is 2.46. The molecular formula is C20H22N2O2S. The van der Waals surface area contributed by atoms with Crippen LogP contribution in [-0.4, -0.2) is 18.1 Å². The second-order valence-corrected chi connectivity index (χ2v) is 8.12. The van der Waals surface area contributed by atoms with E-state index in [2.05, 4.69) is 30.9 Å². The van der Waals surface area contributed by atoms with Crippen LogP contribution in [0.1, 0.15) is 26.3 Å². The first-order valence-corrected chi connectivity index (χ1v) is 9.14. The first-order valence-electron chi connectivity index (χ1n) is 8.26. The number of nitrogens with zero attached hydrogens (tertiary/aromatic N) is 2. The van der Waals surface area contributed by atoms with Gasteiger partial charge in [-0.2, -0.15) is 4.73 Å². The Kier molecular flexibility index (Phi) is 4.60. The van der Waals surface area contributed by atoms with E-state index >= 15 is 0 Å². The lowest BCUT2D eigenvalue weighted by Crippen LogP contribution is -2.29. The molecule has 1 aromatic carbocycles. The molecule has 3 rings (SSSR count). The minimum absolute atomic E-state index is 0.0107. The van der Waals surface area contributed by atoms with E-state index in [0.717, 1.165) is 16.1 Å². The highest BCUT2D eigenvalue weighted by Gasteiger charge is 2.38. The van der Waals surface area contributed by atoms with E-state index in [0.29, 0.717) is 5.03 Å². The summed E-state index contributed by atoms with van der Waals surface area (Å²) in [6, 6.07) is 13.4. The Balaban J connectivity index is 1.85. The Bertz CT molecular complexity index is 845. The minimum Gasteiger partial charge on any atom is -0.618 e. The van der Waals surface area contributed by atoms with Gasteiger partial charge >= 0.3 is 0 Å². The predicted octanol–water partition coefficient (Wildman–Crippen LogP) is 3.68. The van der Waals surface area contributed by atoms with Crippen molar-refractivity contribution in [1.82, 2.24) is 0 Å². The lowest BCUT2D eigenvalue weighted by molar-refractivity contribution is -0.645. The van der Waals surface area contributed by atoms with Crippen molar-refractivity contribution in [2.75, 3.05) is 11.9 Å². The number of aromatic nitrogens is 1. The number of thioether (sulfide) groups is 1. The Morgan fingerprint density at radius 3 is 2.60 bits per heavy atom. The maximum atomic E-state index is 12.8. The molecule has 0 aliphatic carbocycles. The number of carbonyl (C=O) groups excluding carboxylic acids is 1. The molecule has 0 saturated carbocycles. The molecule has 4 nitrogen and oxygen atoms in total. The molecule has 1 aliphatic heterocycles. The fourth-order valence-electron chi connectivity index (χ4n) is 3.25. The number of para-hydroxylation sites is 1. The van der Waals surface area contributed by atoms with Crippen molar-refractivity contribution in [1.29, 1.82) is 0 Å². The van der Waals surface area contributed by atoms with E-state index in [1.165, 1.54) is 23.5 Å². The summed E-state index contributed by atoms with van der Waals surface area (Å²) in [4.78, 5) is 14.8. The number of ketones is 1. The molecule has 0 saturated heterocycles. The first kappa shape index (κ1) is 17.5. The number of anilines is 1. The molecule has 2 heterocycles. The number of likely N-dealkylation sites (N-methyl/N-ethyl adjacent to an activating group) is 1. The van der Waals surface area contributed by atoms with Gasteiger partial charge in [0.25, 0.3) is 5.03 Å². The van der Waals surface area contributed by atoms with E-state index in [-0.39, 0.29) is 16.4 Å². The fraction of sp³-hybridized carbons (Fsp3) is 0.300. The lowest BCUT2D eigenvalue weighted by atomic mass is 9.83. The summed E-state index contributed by atoms with van der Waals surface area (Å²) in [5.74, 6) is 0.0107. The molecule has 0 N–H and O–H groups in total. The van der Waals surface area contributed by atoms with Gasteiger partial charge in [-0.25, -0.2) is 0 Å². The van der Waals surface area contributed by atoms with Crippen molar-refractivity contribution in [2.45, 2.75) is 36.5 Å². The molecule has 0 amide bonds. The fourth-order valence-corrected chi connectivity index (χ4v) is 4.12. The van der Waals surface area contributed by atoms with Crippen LogP contribution in [0, 0.1) is 5.21 Å². The second kappa shape index (κ2) is 6.56. The van der Waals surface area contributed by atoms with E-state index in [1.54, 1.807) is 24.3 Å². The van der Waals surface area contributed by atoms with Crippen LogP contribution in [-0.2, 0) is 10.2 Å². The molecule has 0 spiro atoms. The molecule has 0 fully saturated rings. The van der Waals surface area contributed by atoms with Gasteiger partial charge in [-0.05, 0) is 36.4 Å². The molecule has 2 aromatic rings. The molecule has 0 bridgehead atoms. The summed E-state index contributed by atoms with van der Waals surface area (Å²) in [6.45, 7) is 6.11. The zero-order valence-corrected chi connectivity index (χ0v) is 15.7. The molecule has 1 atom stereocenters. The number of hydrogen-bond donors (Lipinski definition) is 0. The van der Waals surface area contributed by atoms with E-state index in [9.17, 15) is 10.0 Å². The summed E-state index contributed by atoms with van der Waals surface area (Å²) in [5.41, 5.74) is 3.11. The van der Waals surface area contributed by atoms with Crippen LogP contribution in [0.4, 0.5) is 5.69 Å². The van der Waals surface area contributed by atoms with Crippen LogP contribution >= 0.6 is 11.8 Å². The smallest absolute Gasteiger partial charge is 0.252 e. The van der Waals surface area contributed by atoms with Gasteiger partial charge in [0.2, 0.25) is 0 Å². The molecule has 130 valence electrons. The van der Waals surface area contributed by atoms with E-state index in [4.69, 9.17) is 0 Å². The monoisotopic (exact) mass is 354 g/mol. The predicted molar refractivity (Wildman–Crippen MR) is 102 cm³/mol. The topological polar surface area (TPSA) is 47.2 Å². The Morgan fingerprint density at radius 1 is 1.24 bits per heavy atom. The van der Waals surface area contributed by atoms with Crippen LogP contribution in [0.25, 0.3) is 0 Å². The first-order chi connectivity index (χ1) is 11.8. The average Bonchev–Trinajstić information content (AvgIpc) is 2.78. The molecule has 1 aromatic heterocycles. The Labute approximate surface area is 152 Å². The molecular weight excluding hydrogens is 332 g/mol. The maximum Gasteiger partial charge on any atom is 0.252 e. The molecule has 1 aliphatic rings. The standard InChI is InChI=1S/C20H22N2O2S/c1-14(25-19-11-7-8-12-22(19)24)17(23)13-18-20(2,3)15-9-5-6-10-16(15)21(18)4/h5-14H,1-4H3/b18-13+/t14-/m1/s1. The number of hydrogen-bond acceptors (Lipinski definition) is 4. The van der Waals surface area contributed by atoms with Crippen LogP contribution in [0.3, 0.4) is 0 Å². The third-order valence-corrected chi connectivity index (χ3v) is 5.85. The molecule has 25 heavy (non-hydrogen) atoms. The lowest BCUT2D eigenvalue weighted by Gasteiger charge is -2.24. The van der Waals surface area contributed by atoms with Crippen LogP contribution in [0.15, 0.2) is 65.5 Å². The Hall–Kier alpha value is -2.27. The van der Waals surface area contributed by atoms with Gasteiger partial charge < -0.3 is 10.1 Å². The van der Waals surface area contributed by atoms with Crippen molar-refractivity contribution < 1.29 is 9.52 Å². The van der Waals surface area contributed by atoms with E-state index < -0.39 is 0 Å². The number of rotatable bonds is 4. The highest BCUT2D eigenvalue weighted by molar-refractivity contribution is 8.00. The summed E-state index contributed by atoms with van der Waals surface area (Å²) < 4.78 is 0.795. The minimum atomic E-state index is -0.331. The van der Waals surface area contributed by atoms with E-state index in [1.807, 2.05) is 26.1 Å². The van der Waals surface area contributed by atoms with Crippen molar-refractivity contribution in [2.24, 2.45) is 0 Å². The summed E-state index contributed by atoms with van der Waals surface area (Å²) in [5, 5.41) is 12.0. The maximum absolute atomic E-state index is 12.8. The Morgan fingerprint density at radius 2 is 1.92 bits per heavy atom. The molecule has 0 unspecified atom stereocenters. The van der Waals surface area contributed by atoms with Crippen molar-refractivity contribution in [3.05, 3.63) is 71.2 Å². The number of allylic oxidation sites excluding steroid dienone is 2. The largest absolute Gasteiger partial charge is 0.618 e. The van der Waals surface area contributed by atoms with Gasteiger partial charge in [0, 0.05) is 42.1 Å². The van der Waals surface area contributed by atoms with Gasteiger partial charge in [0.1, 0.15) is 0 Å². The molecule has 0 radical (unpaired) electrons. The summed E-state index contributed by atoms with van der Waals surface area (Å²) in [6.07, 6.45) is 3.18. The number of pyridine rings is 1.